The number of aromatic nitrogens is 1. The molecule has 164 valence electrons. The summed E-state index contributed by atoms with van der Waals surface area (Å²) < 4.78 is 21.5. The lowest BCUT2D eigenvalue weighted by atomic mass is 9.94. The van der Waals surface area contributed by atoms with Gasteiger partial charge in [-0.1, -0.05) is 12.1 Å². The van der Waals surface area contributed by atoms with Gasteiger partial charge in [-0.05, 0) is 36.6 Å². The monoisotopic (exact) mass is 426 g/mol. The number of carbonyl (C=O) groups excluding carboxylic acids is 2. The van der Waals surface area contributed by atoms with E-state index in [2.05, 4.69) is 4.98 Å². The smallest absolute Gasteiger partial charge is 0.339 e. The molecule has 0 radical (unpaired) electrons. The molecule has 1 saturated heterocycles. The lowest BCUT2D eigenvalue weighted by molar-refractivity contribution is -0.142. The molecule has 1 saturated carbocycles. The van der Waals surface area contributed by atoms with Gasteiger partial charge in [-0.3, -0.25) is 9.78 Å². The maximum atomic E-state index is 13.3. The van der Waals surface area contributed by atoms with Gasteiger partial charge in [-0.15, -0.1) is 0 Å². The molecule has 2 aromatic rings. The van der Waals surface area contributed by atoms with Crippen molar-refractivity contribution in [2.45, 2.75) is 24.4 Å². The summed E-state index contributed by atoms with van der Waals surface area (Å²) in [6.07, 6.45) is 4.39. The molecule has 1 aliphatic heterocycles. The first-order valence-electron chi connectivity index (χ1n) is 10.3. The van der Waals surface area contributed by atoms with Crippen LogP contribution in [0.1, 0.15) is 28.8 Å². The van der Waals surface area contributed by atoms with E-state index in [1.54, 1.807) is 13.2 Å². The predicted molar refractivity (Wildman–Crippen MR) is 111 cm³/mol. The maximum absolute atomic E-state index is 13.3. The van der Waals surface area contributed by atoms with E-state index < -0.39 is 11.4 Å². The van der Waals surface area contributed by atoms with Gasteiger partial charge in [0.2, 0.25) is 5.91 Å². The highest BCUT2D eigenvalue weighted by molar-refractivity contribution is 5.91. The van der Waals surface area contributed by atoms with Gasteiger partial charge in [0.15, 0.2) is 0 Å². The highest BCUT2D eigenvalue weighted by Gasteiger charge is 2.53. The van der Waals surface area contributed by atoms with Gasteiger partial charge in [0.05, 0.1) is 44.5 Å². The normalized spacial score (nSPS) is 19.4. The number of esters is 1. The molecule has 0 spiro atoms. The van der Waals surface area contributed by atoms with Crippen LogP contribution in [-0.2, 0) is 19.7 Å². The topological polar surface area (TPSA) is 87.2 Å². The maximum Gasteiger partial charge on any atom is 0.339 e. The number of nitrogens with zero attached hydrogens (tertiary/aromatic N) is 2. The lowest BCUT2D eigenvalue weighted by Crippen LogP contribution is -2.50. The Morgan fingerprint density at radius 3 is 2.61 bits per heavy atom. The van der Waals surface area contributed by atoms with E-state index in [9.17, 15) is 9.59 Å². The minimum Gasteiger partial charge on any atom is -0.497 e. The number of ether oxygens (including phenoxy) is 4. The molecule has 31 heavy (non-hydrogen) atoms. The molecule has 2 fully saturated rings. The minimum absolute atomic E-state index is 0.139. The van der Waals surface area contributed by atoms with E-state index in [4.69, 9.17) is 18.9 Å². The number of carbonyl (C=O) groups is 2. The molecule has 1 aromatic heterocycles. The molecule has 1 aromatic carbocycles. The first-order valence-corrected chi connectivity index (χ1v) is 10.3. The van der Waals surface area contributed by atoms with E-state index >= 15 is 0 Å². The number of hydrogen-bond acceptors (Lipinski definition) is 7. The first-order chi connectivity index (χ1) is 15.1. The van der Waals surface area contributed by atoms with Crippen LogP contribution in [0.2, 0.25) is 0 Å². The fraction of sp³-hybridized carbons (Fsp3) is 0.435. The Kier molecular flexibility index (Phi) is 6.08. The zero-order valence-corrected chi connectivity index (χ0v) is 17.7. The number of hydrogen-bond donors (Lipinski definition) is 0. The van der Waals surface area contributed by atoms with Gasteiger partial charge in [0.1, 0.15) is 24.2 Å². The van der Waals surface area contributed by atoms with Crippen molar-refractivity contribution in [3.63, 3.8) is 0 Å². The average Bonchev–Trinajstić information content (AvgIpc) is 3.64. The summed E-state index contributed by atoms with van der Waals surface area (Å²) >= 11 is 0. The highest BCUT2D eigenvalue weighted by atomic mass is 16.5. The first kappa shape index (κ1) is 21.1. The second-order valence-corrected chi connectivity index (χ2v) is 7.77. The van der Waals surface area contributed by atoms with Crippen LogP contribution in [0.5, 0.6) is 11.5 Å². The Morgan fingerprint density at radius 1 is 1.16 bits per heavy atom. The van der Waals surface area contributed by atoms with Crippen LogP contribution in [0.25, 0.3) is 0 Å². The van der Waals surface area contributed by atoms with Gasteiger partial charge in [-0.2, -0.15) is 0 Å². The third kappa shape index (κ3) is 4.49. The molecule has 2 aliphatic rings. The number of rotatable bonds is 7. The molecule has 8 heteroatoms. The van der Waals surface area contributed by atoms with Crippen LogP contribution >= 0.6 is 0 Å². The zero-order chi connectivity index (χ0) is 21.8. The van der Waals surface area contributed by atoms with E-state index in [1.165, 1.54) is 19.5 Å². The largest absolute Gasteiger partial charge is 0.497 e. The van der Waals surface area contributed by atoms with Crippen LogP contribution in [0, 0.1) is 0 Å². The average molecular weight is 426 g/mol. The summed E-state index contributed by atoms with van der Waals surface area (Å²) in [5.74, 6) is 0.894. The van der Waals surface area contributed by atoms with Crippen LogP contribution in [0.3, 0.4) is 0 Å². The summed E-state index contributed by atoms with van der Waals surface area (Å²) in [6, 6.07) is 9.33. The van der Waals surface area contributed by atoms with E-state index in [1.807, 2.05) is 29.2 Å². The van der Waals surface area contributed by atoms with Crippen LogP contribution in [-0.4, -0.2) is 68.4 Å². The number of morpholine rings is 1. The molecular weight excluding hydrogens is 400 g/mol. The van der Waals surface area contributed by atoms with Crippen LogP contribution in [0.4, 0.5) is 0 Å². The molecule has 0 bridgehead atoms. The molecule has 2 heterocycles. The molecule has 1 atom stereocenters. The van der Waals surface area contributed by atoms with Crippen LogP contribution < -0.4 is 9.47 Å². The molecular formula is C23H26N2O6. The Bertz CT molecular complexity index is 941. The zero-order valence-electron chi connectivity index (χ0n) is 17.7. The van der Waals surface area contributed by atoms with E-state index in [0.717, 1.165) is 24.2 Å². The Morgan fingerprint density at radius 2 is 1.94 bits per heavy atom. The van der Waals surface area contributed by atoms with Gasteiger partial charge in [0, 0.05) is 12.7 Å². The van der Waals surface area contributed by atoms with Crippen molar-refractivity contribution >= 4 is 11.9 Å². The van der Waals surface area contributed by atoms with Crippen molar-refractivity contribution in [1.29, 1.82) is 0 Å². The Balaban J connectivity index is 1.37. The SMILES string of the molecule is COC(=O)c1cncc(OCC2CN(C(=O)C3(c4ccc(OC)cc4)CC3)CCO2)c1. The summed E-state index contributed by atoms with van der Waals surface area (Å²) in [5.41, 5.74) is 0.910. The Labute approximate surface area is 181 Å². The van der Waals surface area contributed by atoms with E-state index in [0.29, 0.717) is 31.0 Å². The fourth-order valence-corrected chi connectivity index (χ4v) is 3.88. The molecule has 8 nitrogen and oxygen atoms in total. The molecule has 1 amide bonds. The summed E-state index contributed by atoms with van der Waals surface area (Å²) in [6.45, 7) is 1.73. The van der Waals surface area contributed by atoms with Gasteiger partial charge in [-0.25, -0.2) is 4.79 Å². The van der Waals surface area contributed by atoms with Gasteiger partial charge >= 0.3 is 5.97 Å². The van der Waals surface area contributed by atoms with Crippen LogP contribution in [0.15, 0.2) is 42.7 Å². The van der Waals surface area contributed by atoms with Gasteiger partial charge in [0.25, 0.3) is 0 Å². The van der Waals surface area contributed by atoms with Crippen molar-refractivity contribution in [2.24, 2.45) is 0 Å². The second-order valence-electron chi connectivity index (χ2n) is 7.77. The third-order valence-electron chi connectivity index (χ3n) is 5.80. The van der Waals surface area contributed by atoms with Crippen molar-refractivity contribution < 1.29 is 28.5 Å². The molecule has 4 rings (SSSR count). The van der Waals surface area contributed by atoms with Crippen molar-refractivity contribution in [1.82, 2.24) is 9.88 Å². The number of benzene rings is 1. The molecule has 1 aliphatic carbocycles. The molecule has 1 unspecified atom stereocenters. The van der Waals surface area contributed by atoms with Gasteiger partial charge < -0.3 is 23.8 Å². The molecule has 0 N–H and O–H groups in total. The van der Waals surface area contributed by atoms with Crippen molar-refractivity contribution in [3.8, 4) is 11.5 Å². The quantitative estimate of drug-likeness (QED) is 0.628. The summed E-state index contributed by atoms with van der Waals surface area (Å²) in [7, 11) is 2.95. The lowest BCUT2D eigenvalue weighted by Gasteiger charge is -2.35. The number of amides is 1. The standard InChI is InChI=1S/C23H26N2O6/c1-28-18-5-3-17(4-6-18)23(7-8-23)22(27)25-9-10-30-20(14-25)15-31-19-11-16(12-24-13-19)21(26)29-2/h3-6,11-13,20H,7-10,14-15H2,1-2H3. The number of pyridine rings is 1. The highest BCUT2D eigenvalue weighted by Crippen LogP contribution is 2.50. The summed E-state index contributed by atoms with van der Waals surface area (Å²) in [5, 5.41) is 0. The second kappa shape index (κ2) is 8.93. The number of methoxy groups -OCH3 is 2. The Hall–Kier alpha value is -3.13. The summed E-state index contributed by atoms with van der Waals surface area (Å²) in [4.78, 5) is 30.9. The fourth-order valence-electron chi connectivity index (χ4n) is 3.88. The third-order valence-corrected chi connectivity index (χ3v) is 5.80. The minimum atomic E-state index is -0.475. The van der Waals surface area contributed by atoms with Crippen molar-refractivity contribution in [2.75, 3.05) is 40.5 Å². The van der Waals surface area contributed by atoms with Crippen molar-refractivity contribution in [3.05, 3.63) is 53.9 Å². The van der Waals surface area contributed by atoms with E-state index in [-0.39, 0.29) is 18.6 Å². The predicted octanol–water partition coefficient (Wildman–Crippen LogP) is 2.21.